The second-order valence-electron chi connectivity index (χ2n) is 3.80. The second-order valence-corrected chi connectivity index (χ2v) is 6.67. The van der Waals surface area contributed by atoms with Crippen molar-refractivity contribution in [3.63, 3.8) is 0 Å². The molecule has 0 atom stereocenters. The van der Waals surface area contributed by atoms with Crippen molar-refractivity contribution in [3.8, 4) is 0 Å². The van der Waals surface area contributed by atoms with Crippen LogP contribution in [0.5, 0.6) is 0 Å². The van der Waals surface area contributed by atoms with Gasteiger partial charge in [0.25, 0.3) is 0 Å². The molecule has 1 aromatic heterocycles. The fourth-order valence-corrected chi connectivity index (χ4v) is 3.29. The fraction of sp³-hybridized carbons (Fsp3) is 0.0833. The van der Waals surface area contributed by atoms with Crippen LogP contribution < -0.4 is 5.73 Å². The number of nitrogens with two attached hydrogens (primary N) is 1. The Morgan fingerprint density at radius 3 is 2.44 bits per heavy atom. The average molecular weight is 327 g/mol. The number of nitrogen functional groups attached to an aromatic ring is 1. The molecular formula is C12H11BrN2O2S. The quantitative estimate of drug-likeness (QED) is 0.939. The first-order chi connectivity index (χ1) is 8.49. The van der Waals surface area contributed by atoms with E-state index >= 15 is 0 Å². The number of benzene rings is 1. The molecule has 0 aliphatic rings. The van der Waals surface area contributed by atoms with Crippen molar-refractivity contribution >= 4 is 31.5 Å². The minimum absolute atomic E-state index is 0.0749. The smallest absolute Gasteiger partial charge is 0.184 e. The van der Waals surface area contributed by atoms with Crippen LogP contribution in [0.3, 0.4) is 0 Å². The SMILES string of the molecule is Nc1cnccc1S(=O)(=O)Cc1ccc(Br)cc1. The van der Waals surface area contributed by atoms with Gasteiger partial charge in [-0.05, 0) is 23.8 Å². The highest BCUT2D eigenvalue weighted by atomic mass is 79.9. The number of pyridine rings is 1. The predicted molar refractivity (Wildman–Crippen MR) is 73.7 cm³/mol. The van der Waals surface area contributed by atoms with Gasteiger partial charge in [-0.2, -0.15) is 0 Å². The average Bonchev–Trinajstić information content (AvgIpc) is 2.32. The molecule has 18 heavy (non-hydrogen) atoms. The molecule has 2 N–H and O–H groups in total. The first-order valence-corrected chi connectivity index (χ1v) is 7.60. The molecule has 0 amide bonds. The maximum absolute atomic E-state index is 12.2. The van der Waals surface area contributed by atoms with E-state index in [1.807, 2.05) is 0 Å². The Morgan fingerprint density at radius 2 is 1.83 bits per heavy atom. The fourth-order valence-electron chi connectivity index (χ4n) is 1.55. The Labute approximate surface area is 114 Å². The lowest BCUT2D eigenvalue weighted by Crippen LogP contribution is -2.08. The summed E-state index contributed by atoms with van der Waals surface area (Å²) in [5.74, 6) is -0.0749. The highest BCUT2D eigenvalue weighted by Crippen LogP contribution is 2.22. The van der Waals surface area contributed by atoms with E-state index in [0.717, 1.165) is 10.0 Å². The highest BCUT2D eigenvalue weighted by molar-refractivity contribution is 9.10. The molecule has 94 valence electrons. The summed E-state index contributed by atoms with van der Waals surface area (Å²) >= 11 is 3.30. The van der Waals surface area contributed by atoms with Crippen LogP contribution in [0.2, 0.25) is 0 Å². The Morgan fingerprint density at radius 1 is 1.17 bits per heavy atom. The summed E-state index contributed by atoms with van der Waals surface area (Å²) in [6.45, 7) is 0. The van der Waals surface area contributed by atoms with Gasteiger partial charge < -0.3 is 5.73 Å². The molecule has 2 rings (SSSR count). The largest absolute Gasteiger partial charge is 0.396 e. The van der Waals surface area contributed by atoms with Crippen LogP contribution in [-0.2, 0) is 15.6 Å². The van der Waals surface area contributed by atoms with E-state index in [9.17, 15) is 8.42 Å². The van der Waals surface area contributed by atoms with Gasteiger partial charge in [0.1, 0.15) is 0 Å². The molecule has 0 aliphatic carbocycles. The highest BCUT2D eigenvalue weighted by Gasteiger charge is 2.18. The molecule has 4 nitrogen and oxygen atoms in total. The summed E-state index contributed by atoms with van der Waals surface area (Å²) < 4.78 is 25.3. The van der Waals surface area contributed by atoms with E-state index in [1.165, 1.54) is 18.5 Å². The molecule has 0 saturated carbocycles. The van der Waals surface area contributed by atoms with Crippen LogP contribution in [0.25, 0.3) is 0 Å². The third kappa shape index (κ3) is 2.88. The second kappa shape index (κ2) is 5.07. The van der Waals surface area contributed by atoms with E-state index in [-0.39, 0.29) is 16.3 Å². The van der Waals surface area contributed by atoms with Crippen LogP contribution in [0.4, 0.5) is 5.69 Å². The predicted octanol–water partition coefficient (Wildman–Crippen LogP) is 2.40. The monoisotopic (exact) mass is 326 g/mol. The Balaban J connectivity index is 2.33. The third-order valence-corrected chi connectivity index (χ3v) is 4.70. The zero-order chi connectivity index (χ0) is 13.2. The number of anilines is 1. The van der Waals surface area contributed by atoms with E-state index in [2.05, 4.69) is 20.9 Å². The summed E-state index contributed by atoms with van der Waals surface area (Å²) in [7, 11) is -3.44. The number of halogens is 1. The van der Waals surface area contributed by atoms with E-state index in [0.29, 0.717) is 0 Å². The lowest BCUT2D eigenvalue weighted by Gasteiger charge is -2.07. The number of rotatable bonds is 3. The van der Waals surface area contributed by atoms with Gasteiger partial charge in [0.15, 0.2) is 9.84 Å². The van der Waals surface area contributed by atoms with Gasteiger partial charge in [-0.25, -0.2) is 8.42 Å². The first kappa shape index (κ1) is 13.0. The molecule has 6 heteroatoms. The molecule has 0 radical (unpaired) electrons. The van der Waals surface area contributed by atoms with Gasteiger partial charge in [0.05, 0.1) is 22.5 Å². The van der Waals surface area contributed by atoms with Crippen LogP contribution in [0.15, 0.2) is 52.1 Å². The van der Waals surface area contributed by atoms with Crippen molar-refractivity contribution in [2.45, 2.75) is 10.6 Å². The van der Waals surface area contributed by atoms with E-state index in [4.69, 9.17) is 5.73 Å². The summed E-state index contributed by atoms with van der Waals surface area (Å²) in [5.41, 5.74) is 6.53. The van der Waals surface area contributed by atoms with Crippen molar-refractivity contribution in [2.75, 3.05) is 5.73 Å². The number of nitrogens with zero attached hydrogens (tertiary/aromatic N) is 1. The Hall–Kier alpha value is -1.40. The van der Waals surface area contributed by atoms with Crippen LogP contribution in [0.1, 0.15) is 5.56 Å². The first-order valence-electron chi connectivity index (χ1n) is 5.16. The molecule has 0 aliphatic heterocycles. The number of aromatic nitrogens is 1. The topological polar surface area (TPSA) is 73.0 Å². The Kier molecular flexibility index (Phi) is 3.68. The molecule has 1 aromatic carbocycles. The number of hydrogen-bond acceptors (Lipinski definition) is 4. The van der Waals surface area contributed by atoms with Crippen LogP contribution >= 0.6 is 15.9 Å². The molecule has 1 heterocycles. The van der Waals surface area contributed by atoms with Gasteiger partial charge >= 0.3 is 0 Å². The summed E-state index contributed by atoms with van der Waals surface area (Å²) in [4.78, 5) is 3.91. The van der Waals surface area contributed by atoms with Gasteiger partial charge in [-0.1, -0.05) is 28.1 Å². The maximum Gasteiger partial charge on any atom is 0.184 e. The number of hydrogen-bond donors (Lipinski definition) is 1. The van der Waals surface area contributed by atoms with Crippen molar-refractivity contribution < 1.29 is 8.42 Å². The summed E-state index contributed by atoms with van der Waals surface area (Å²) in [6, 6.07) is 8.56. The maximum atomic E-state index is 12.2. The molecule has 0 saturated heterocycles. The van der Waals surface area contributed by atoms with E-state index in [1.54, 1.807) is 24.3 Å². The zero-order valence-electron chi connectivity index (χ0n) is 9.38. The lowest BCUT2D eigenvalue weighted by atomic mass is 10.2. The van der Waals surface area contributed by atoms with Gasteiger partial charge in [-0.15, -0.1) is 0 Å². The molecule has 0 unspecified atom stereocenters. The molecule has 0 spiro atoms. The summed E-state index contributed by atoms with van der Waals surface area (Å²) in [6.07, 6.45) is 2.76. The third-order valence-electron chi connectivity index (χ3n) is 2.42. The number of sulfone groups is 1. The van der Waals surface area contributed by atoms with Crippen molar-refractivity contribution in [1.82, 2.24) is 4.98 Å². The van der Waals surface area contributed by atoms with Crippen molar-refractivity contribution in [2.24, 2.45) is 0 Å². The minimum atomic E-state index is -3.44. The summed E-state index contributed by atoms with van der Waals surface area (Å²) in [5, 5.41) is 0. The standard InChI is InChI=1S/C12H11BrN2O2S/c13-10-3-1-9(2-4-10)8-18(16,17)12-5-6-15-7-11(12)14/h1-7H,8,14H2. The molecule has 2 aromatic rings. The molecule has 0 fully saturated rings. The molecule has 0 bridgehead atoms. The zero-order valence-corrected chi connectivity index (χ0v) is 11.8. The Bertz CT molecular complexity index is 654. The van der Waals surface area contributed by atoms with Gasteiger partial charge in [-0.3, -0.25) is 4.98 Å². The molecular weight excluding hydrogens is 316 g/mol. The normalized spacial score (nSPS) is 11.4. The van der Waals surface area contributed by atoms with Gasteiger partial charge in [0, 0.05) is 10.7 Å². The van der Waals surface area contributed by atoms with Crippen molar-refractivity contribution in [3.05, 3.63) is 52.8 Å². The van der Waals surface area contributed by atoms with Crippen LogP contribution in [0, 0.1) is 0 Å². The van der Waals surface area contributed by atoms with E-state index < -0.39 is 9.84 Å². The lowest BCUT2D eigenvalue weighted by molar-refractivity contribution is 0.595. The van der Waals surface area contributed by atoms with Crippen molar-refractivity contribution in [1.29, 1.82) is 0 Å². The van der Waals surface area contributed by atoms with Crippen LogP contribution in [-0.4, -0.2) is 13.4 Å². The minimum Gasteiger partial charge on any atom is -0.396 e. The van der Waals surface area contributed by atoms with Gasteiger partial charge in [0.2, 0.25) is 0 Å².